The van der Waals surface area contributed by atoms with Gasteiger partial charge in [-0.05, 0) is 30.0 Å². The second-order valence-electron chi connectivity index (χ2n) is 5.76. The first-order valence-corrected chi connectivity index (χ1v) is 7.25. The monoisotopic (exact) mass is 341 g/mol. The second kappa shape index (κ2) is 6.88. The van der Waals surface area contributed by atoms with Crippen molar-refractivity contribution < 1.29 is 14.7 Å². The molecule has 1 aromatic carbocycles. The molecule has 0 bridgehead atoms. The van der Waals surface area contributed by atoms with E-state index in [9.17, 15) is 9.59 Å². The van der Waals surface area contributed by atoms with Gasteiger partial charge in [-0.1, -0.05) is 41.9 Å². The SMILES string of the molecule is C[C@@H](NC(=O)CC(C)(C)CC(=O)O)c1cccc(Br)c1. The molecule has 5 heteroatoms. The summed E-state index contributed by atoms with van der Waals surface area (Å²) in [7, 11) is 0. The van der Waals surface area contributed by atoms with E-state index >= 15 is 0 Å². The van der Waals surface area contributed by atoms with E-state index in [-0.39, 0.29) is 24.8 Å². The number of carboxylic acids is 1. The fourth-order valence-corrected chi connectivity index (χ4v) is 2.48. The Morgan fingerprint density at radius 1 is 1.35 bits per heavy atom. The van der Waals surface area contributed by atoms with Crippen molar-refractivity contribution in [3.8, 4) is 0 Å². The van der Waals surface area contributed by atoms with Crippen LogP contribution in [-0.4, -0.2) is 17.0 Å². The van der Waals surface area contributed by atoms with Gasteiger partial charge >= 0.3 is 5.97 Å². The normalized spacial score (nSPS) is 12.8. The molecule has 1 amide bonds. The summed E-state index contributed by atoms with van der Waals surface area (Å²) in [4.78, 5) is 22.7. The average molecular weight is 342 g/mol. The summed E-state index contributed by atoms with van der Waals surface area (Å²) < 4.78 is 0.960. The number of amides is 1. The minimum absolute atomic E-state index is 0.0221. The molecule has 0 radical (unpaired) electrons. The Labute approximate surface area is 127 Å². The number of hydrogen-bond donors (Lipinski definition) is 2. The van der Waals surface area contributed by atoms with Crippen LogP contribution in [0.3, 0.4) is 0 Å². The van der Waals surface area contributed by atoms with Gasteiger partial charge in [0.25, 0.3) is 0 Å². The van der Waals surface area contributed by atoms with Crippen LogP contribution in [0.1, 0.15) is 45.2 Å². The molecular weight excluding hydrogens is 322 g/mol. The number of carbonyl (C=O) groups is 2. The van der Waals surface area contributed by atoms with Gasteiger partial charge in [0.05, 0.1) is 12.5 Å². The van der Waals surface area contributed by atoms with Gasteiger partial charge in [-0.2, -0.15) is 0 Å². The summed E-state index contributed by atoms with van der Waals surface area (Å²) in [5.74, 6) is -1.02. The van der Waals surface area contributed by atoms with Crippen LogP contribution in [-0.2, 0) is 9.59 Å². The topological polar surface area (TPSA) is 66.4 Å². The number of benzene rings is 1. The number of carboxylic acid groups (broad SMARTS) is 1. The molecule has 0 heterocycles. The molecule has 110 valence electrons. The Balaban J connectivity index is 2.60. The van der Waals surface area contributed by atoms with Crippen LogP contribution in [0.25, 0.3) is 0 Å². The van der Waals surface area contributed by atoms with Gasteiger partial charge < -0.3 is 10.4 Å². The highest BCUT2D eigenvalue weighted by Gasteiger charge is 2.25. The van der Waals surface area contributed by atoms with Gasteiger partial charge in [-0.3, -0.25) is 9.59 Å². The third-order valence-corrected chi connectivity index (χ3v) is 3.49. The van der Waals surface area contributed by atoms with Gasteiger partial charge in [0.15, 0.2) is 0 Å². The first kappa shape index (κ1) is 16.7. The highest BCUT2D eigenvalue weighted by molar-refractivity contribution is 9.10. The molecule has 1 aromatic rings. The van der Waals surface area contributed by atoms with E-state index in [1.54, 1.807) is 13.8 Å². The number of halogens is 1. The molecule has 0 aromatic heterocycles. The molecule has 0 aliphatic carbocycles. The number of aliphatic carboxylic acids is 1. The summed E-state index contributed by atoms with van der Waals surface area (Å²) in [6, 6.07) is 7.62. The lowest BCUT2D eigenvalue weighted by Crippen LogP contribution is -2.31. The van der Waals surface area contributed by atoms with Crippen LogP contribution in [0.5, 0.6) is 0 Å². The van der Waals surface area contributed by atoms with E-state index < -0.39 is 11.4 Å². The maximum atomic E-state index is 12.0. The Hall–Kier alpha value is -1.36. The zero-order valence-electron chi connectivity index (χ0n) is 11.9. The van der Waals surface area contributed by atoms with Crippen LogP contribution >= 0.6 is 15.9 Å². The molecule has 0 unspecified atom stereocenters. The highest BCUT2D eigenvalue weighted by atomic mass is 79.9. The highest BCUT2D eigenvalue weighted by Crippen LogP contribution is 2.25. The van der Waals surface area contributed by atoms with Crippen molar-refractivity contribution in [2.45, 2.75) is 39.7 Å². The minimum atomic E-state index is -0.886. The molecule has 1 atom stereocenters. The molecule has 20 heavy (non-hydrogen) atoms. The molecule has 0 spiro atoms. The molecule has 4 nitrogen and oxygen atoms in total. The van der Waals surface area contributed by atoms with Crippen molar-refractivity contribution >= 4 is 27.8 Å². The van der Waals surface area contributed by atoms with Crippen molar-refractivity contribution in [2.75, 3.05) is 0 Å². The summed E-state index contributed by atoms with van der Waals surface area (Å²) in [6.45, 7) is 5.47. The lowest BCUT2D eigenvalue weighted by Gasteiger charge is -2.23. The number of nitrogens with one attached hydrogen (secondary N) is 1. The lowest BCUT2D eigenvalue weighted by molar-refractivity contribution is -0.139. The fourth-order valence-electron chi connectivity index (χ4n) is 2.06. The fraction of sp³-hybridized carbons (Fsp3) is 0.467. The van der Waals surface area contributed by atoms with E-state index in [2.05, 4.69) is 21.2 Å². The van der Waals surface area contributed by atoms with Crippen molar-refractivity contribution in [2.24, 2.45) is 5.41 Å². The maximum Gasteiger partial charge on any atom is 0.303 e. The summed E-state index contributed by atoms with van der Waals surface area (Å²) in [6.07, 6.45) is 0.170. The second-order valence-corrected chi connectivity index (χ2v) is 6.67. The van der Waals surface area contributed by atoms with E-state index in [4.69, 9.17) is 5.11 Å². The molecule has 0 aliphatic heterocycles. The Kier molecular flexibility index (Phi) is 5.74. The predicted octanol–water partition coefficient (Wildman–Crippen LogP) is 3.52. The summed E-state index contributed by atoms with van der Waals surface area (Å²) in [5, 5.41) is 11.7. The van der Waals surface area contributed by atoms with Gasteiger partial charge in [0.2, 0.25) is 5.91 Å². The zero-order chi connectivity index (χ0) is 15.3. The minimum Gasteiger partial charge on any atom is -0.481 e. The average Bonchev–Trinajstić information content (AvgIpc) is 2.25. The van der Waals surface area contributed by atoms with E-state index in [0.717, 1.165) is 10.0 Å². The number of hydrogen-bond acceptors (Lipinski definition) is 2. The molecule has 1 rings (SSSR count). The van der Waals surface area contributed by atoms with Crippen LogP contribution in [0.4, 0.5) is 0 Å². The standard InChI is InChI=1S/C15H20BrNO3/c1-10(11-5-4-6-12(16)7-11)17-13(18)8-15(2,3)9-14(19)20/h4-7,10H,8-9H2,1-3H3,(H,17,18)(H,19,20)/t10-/m1/s1. The van der Waals surface area contributed by atoms with E-state index in [1.807, 2.05) is 31.2 Å². The Bertz CT molecular complexity index is 500. The van der Waals surface area contributed by atoms with Crippen LogP contribution in [0.2, 0.25) is 0 Å². The van der Waals surface area contributed by atoms with Gasteiger partial charge in [-0.15, -0.1) is 0 Å². The van der Waals surface area contributed by atoms with Crippen molar-refractivity contribution in [3.63, 3.8) is 0 Å². The van der Waals surface area contributed by atoms with Gasteiger partial charge in [0, 0.05) is 10.9 Å². The maximum absolute atomic E-state index is 12.0. The third-order valence-electron chi connectivity index (χ3n) is 3.00. The van der Waals surface area contributed by atoms with Gasteiger partial charge in [-0.25, -0.2) is 0 Å². The first-order chi connectivity index (χ1) is 9.19. The molecule has 0 aliphatic rings. The molecular formula is C15H20BrNO3. The van der Waals surface area contributed by atoms with Crippen molar-refractivity contribution in [1.29, 1.82) is 0 Å². The smallest absolute Gasteiger partial charge is 0.303 e. The van der Waals surface area contributed by atoms with Crippen molar-refractivity contribution in [1.82, 2.24) is 5.32 Å². The Morgan fingerprint density at radius 3 is 2.55 bits per heavy atom. The van der Waals surface area contributed by atoms with E-state index in [1.165, 1.54) is 0 Å². The number of rotatable bonds is 6. The molecule has 0 saturated carbocycles. The van der Waals surface area contributed by atoms with Crippen LogP contribution < -0.4 is 5.32 Å². The zero-order valence-corrected chi connectivity index (χ0v) is 13.5. The molecule has 0 fully saturated rings. The van der Waals surface area contributed by atoms with Crippen LogP contribution in [0, 0.1) is 5.41 Å². The number of carbonyl (C=O) groups excluding carboxylic acids is 1. The van der Waals surface area contributed by atoms with Crippen molar-refractivity contribution in [3.05, 3.63) is 34.3 Å². The lowest BCUT2D eigenvalue weighted by atomic mass is 9.85. The molecule has 2 N–H and O–H groups in total. The Morgan fingerprint density at radius 2 is 2.00 bits per heavy atom. The third kappa shape index (κ3) is 5.74. The first-order valence-electron chi connectivity index (χ1n) is 6.46. The van der Waals surface area contributed by atoms with Crippen LogP contribution in [0.15, 0.2) is 28.7 Å². The predicted molar refractivity (Wildman–Crippen MR) is 81.4 cm³/mol. The summed E-state index contributed by atoms with van der Waals surface area (Å²) >= 11 is 3.39. The molecule has 0 saturated heterocycles. The van der Waals surface area contributed by atoms with E-state index in [0.29, 0.717) is 0 Å². The summed E-state index contributed by atoms with van der Waals surface area (Å²) in [5.41, 5.74) is 0.455. The quantitative estimate of drug-likeness (QED) is 0.831. The van der Waals surface area contributed by atoms with Gasteiger partial charge in [0.1, 0.15) is 0 Å². The largest absolute Gasteiger partial charge is 0.481 e.